The Kier molecular flexibility index (Phi) is 5.72. The van der Waals surface area contributed by atoms with E-state index < -0.39 is 0 Å². The van der Waals surface area contributed by atoms with E-state index in [0.29, 0.717) is 5.92 Å². The van der Waals surface area contributed by atoms with Crippen LogP contribution in [0.25, 0.3) is 54.4 Å². The van der Waals surface area contributed by atoms with Crippen molar-refractivity contribution in [2.24, 2.45) is 5.92 Å². The maximum atomic E-state index is 6.44. The Bertz CT molecular complexity index is 1780. The predicted octanol–water partition coefficient (Wildman–Crippen LogP) is 10.3. The summed E-state index contributed by atoms with van der Waals surface area (Å²) in [5.41, 5.74) is 6.91. The lowest BCUT2D eigenvalue weighted by Gasteiger charge is -2.22. The molecule has 6 aromatic rings. The summed E-state index contributed by atoms with van der Waals surface area (Å²) in [4.78, 5) is 6.28. The molecule has 3 heteroatoms. The van der Waals surface area contributed by atoms with Gasteiger partial charge in [0.2, 0.25) is 0 Å². The summed E-state index contributed by atoms with van der Waals surface area (Å²) in [6.07, 6.45) is 2.96. The average Bonchev–Trinajstić information content (AvgIpc) is 3.43. The van der Waals surface area contributed by atoms with Crippen LogP contribution in [0.3, 0.4) is 0 Å². The Labute approximate surface area is 223 Å². The normalized spacial score (nSPS) is 12.4. The maximum Gasteiger partial charge on any atom is 0.138 e. The molecule has 0 spiro atoms. The smallest absolute Gasteiger partial charge is 0.138 e. The summed E-state index contributed by atoms with van der Waals surface area (Å²) < 4.78 is 7.79. The van der Waals surface area contributed by atoms with Gasteiger partial charge in [-0.15, -0.1) is 11.3 Å². The summed E-state index contributed by atoms with van der Waals surface area (Å²) >= 11 is 1.89. The van der Waals surface area contributed by atoms with E-state index in [2.05, 4.69) is 102 Å². The van der Waals surface area contributed by atoms with Crippen molar-refractivity contribution in [3.05, 3.63) is 88.9 Å². The van der Waals surface area contributed by atoms with Gasteiger partial charge in [-0.25, -0.2) is 0 Å². The molecule has 2 nitrogen and oxygen atoms in total. The fourth-order valence-electron chi connectivity index (χ4n) is 5.49. The number of aromatic nitrogens is 1. The molecule has 0 aliphatic heterocycles. The summed E-state index contributed by atoms with van der Waals surface area (Å²) in [5.74, 6) is 1.52. The van der Waals surface area contributed by atoms with Crippen molar-refractivity contribution in [2.45, 2.75) is 53.4 Å². The van der Waals surface area contributed by atoms with Crippen molar-refractivity contribution in [1.82, 2.24) is 4.98 Å². The van der Waals surface area contributed by atoms with Crippen molar-refractivity contribution in [3.8, 4) is 22.6 Å². The van der Waals surface area contributed by atoms with Crippen LogP contribution in [-0.2, 0) is 11.8 Å². The zero-order chi connectivity index (χ0) is 25.9. The zero-order valence-electron chi connectivity index (χ0n) is 22.5. The average molecular weight is 504 g/mol. The largest absolute Gasteiger partial charge is 0.456 e. The third-order valence-electron chi connectivity index (χ3n) is 7.28. The number of hydrogen-bond donors (Lipinski definition) is 0. The van der Waals surface area contributed by atoms with Crippen LogP contribution in [-0.4, -0.2) is 4.98 Å². The molecular formula is C34H33NOS. The van der Waals surface area contributed by atoms with Crippen molar-refractivity contribution < 1.29 is 4.42 Å². The van der Waals surface area contributed by atoms with Gasteiger partial charge in [-0.1, -0.05) is 58.9 Å². The Balaban J connectivity index is 1.51. The van der Waals surface area contributed by atoms with Crippen molar-refractivity contribution in [3.63, 3.8) is 0 Å². The SMILES string of the molecule is Cc1sc2ccc(-c3cc4c(-c5cc(C(C)(C)C)c6ccccc6c5)nccc4o3)cc2c1CC(C)C. The van der Waals surface area contributed by atoms with Crippen molar-refractivity contribution in [1.29, 1.82) is 0 Å². The zero-order valence-corrected chi connectivity index (χ0v) is 23.3. The highest BCUT2D eigenvalue weighted by Crippen LogP contribution is 2.40. The second kappa shape index (κ2) is 8.85. The van der Waals surface area contributed by atoms with E-state index in [1.807, 2.05) is 23.6 Å². The molecule has 0 amide bonds. The minimum Gasteiger partial charge on any atom is -0.456 e. The summed E-state index contributed by atoms with van der Waals surface area (Å²) in [5, 5.41) is 4.95. The van der Waals surface area contributed by atoms with Crippen LogP contribution in [0, 0.1) is 12.8 Å². The third-order valence-corrected chi connectivity index (χ3v) is 8.41. The molecule has 0 aliphatic rings. The van der Waals surface area contributed by atoms with E-state index in [1.54, 1.807) is 0 Å². The first kappa shape index (κ1) is 23.9. The molecule has 37 heavy (non-hydrogen) atoms. The highest BCUT2D eigenvalue weighted by Gasteiger charge is 2.20. The van der Waals surface area contributed by atoms with Gasteiger partial charge in [0.1, 0.15) is 11.3 Å². The lowest BCUT2D eigenvalue weighted by Crippen LogP contribution is -2.12. The Morgan fingerprint density at radius 2 is 1.68 bits per heavy atom. The molecule has 0 N–H and O–H groups in total. The van der Waals surface area contributed by atoms with Gasteiger partial charge in [0.15, 0.2) is 0 Å². The minimum atomic E-state index is 0.0207. The molecule has 0 fully saturated rings. The first-order valence-corrected chi connectivity index (χ1v) is 14.0. The van der Waals surface area contributed by atoms with Crippen molar-refractivity contribution in [2.75, 3.05) is 0 Å². The molecule has 0 saturated heterocycles. The van der Waals surface area contributed by atoms with E-state index in [1.165, 1.54) is 36.9 Å². The molecule has 0 radical (unpaired) electrons. The Morgan fingerprint density at radius 1 is 0.865 bits per heavy atom. The Morgan fingerprint density at radius 3 is 2.46 bits per heavy atom. The third kappa shape index (κ3) is 4.26. The number of benzene rings is 3. The van der Waals surface area contributed by atoms with Crippen LogP contribution in [0.1, 0.15) is 50.6 Å². The van der Waals surface area contributed by atoms with E-state index in [-0.39, 0.29) is 5.41 Å². The second-order valence-electron chi connectivity index (χ2n) is 11.6. The van der Waals surface area contributed by atoms with Crippen LogP contribution >= 0.6 is 11.3 Å². The highest BCUT2D eigenvalue weighted by atomic mass is 32.1. The van der Waals surface area contributed by atoms with Gasteiger partial charge in [0.05, 0.1) is 5.69 Å². The maximum absolute atomic E-state index is 6.44. The van der Waals surface area contributed by atoms with Crippen LogP contribution in [0.15, 0.2) is 77.3 Å². The number of nitrogens with zero attached hydrogens (tertiary/aromatic N) is 1. The monoisotopic (exact) mass is 503 g/mol. The van der Waals surface area contributed by atoms with Gasteiger partial charge >= 0.3 is 0 Å². The van der Waals surface area contributed by atoms with Gasteiger partial charge in [-0.3, -0.25) is 4.98 Å². The van der Waals surface area contributed by atoms with E-state index >= 15 is 0 Å². The molecule has 6 rings (SSSR count). The van der Waals surface area contributed by atoms with Gasteiger partial charge in [0.25, 0.3) is 0 Å². The van der Waals surface area contributed by atoms with Crippen LogP contribution in [0.5, 0.6) is 0 Å². The van der Waals surface area contributed by atoms with Gasteiger partial charge in [-0.2, -0.15) is 0 Å². The molecule has 3 aromatic heterocycles. The summed E-state index contributed by atoms with van der Waals surface area (Å²) in [6.45, 7) is 13.7. The van der Waals surface area contributed by atoms with Gasteiger partial charge in [0, 0.05) is 32.3 Å². The molecular weight excluding hydrogens is 470 g/mol. The number of furan rings is 1. The lowest BCUT2D eigenvalue weighted by atomic mass is 9.82. The number of rotatable bonds is 4. The van der Waals surface area contributed by atoms with E-state index in [9.17, 15) is 0 Å². The van der Waals surface area contributed by atoms with Gasteiger partial charge in [-0.05, 0) is 94.4 Å². The molecule has 3 heterocycles. The molecule has 0 unspecified atom stereocenters. The van der Waals surface area contributed by atoms with Crippen LogP contribution in [0.2, 0.25) is 0 Å². The summed E-state index contributed by atoms with van der Waals surface area (Å²) in [7, 11) is 0. The number of hydrogen-bond acceptors (Lipinski definition) is 3. The molecule has 0 saturated carbocycles. The number of aryl methyl sites for hydroxylation is 1. The first-order valence-electron chi connectivity index (χ1n) is 13.1. The summed E-state index contributed by atoms with van der Waals surface area (Å²) in [6, 6.07) is 24.1. The lowest BCUT2D eigenvalue weighted by molar-refractivity contribution is 0.596. The molecule has 0 aliphatic carbocycles. The fraction of sp³-hybridized carbons (Fsp3) is 0.265. The standard InChI is InChI=1S/C34H33NOS/c1-20(2)15-26-21(3)37-32-12-11-23(17-27(26)32)31-19-28-30(36-31)13-14-35-33(28)24-16-22-9-7-8-10-25(22)29(18-24)34(4,5)6/h7-14,16-20H,15H2,1-6H3. The molecule has 186 valence electrons. The predicted molar refractivity (Wildman–Crippen MR) is 160 cm³/mol. The number of pyridine rings is 1. The van der Waals surface area contributed by atoms with Crippen LogP contribution < -0.4 is 0 Å². The van der Waals surface area contributed by atoms with E-state index in [0.717, 1.165) is 40.0 Å². The minimum absolute atomic E-state index is 0.0207. The topological polar surface area (TPSA) is 26.0 Å². The number of thiophene rings is 1. The number of fused-ring (bicyclic) bond motifs is 3. The van der Waals surface area contributed by atoms with Crippen LogP contribution in [0.4, 0.5) is 0 Å². The van der Waals surface area contributed by atoms with E-state index in [4.69, 9.17) is 9.40 Å². The quantitative estimate of drug-likeness (QED) is 0.239. The Hall–Kier alpha value is -3.43. The molecule has 3 aromatic carbocycles. The van der Waals surface area contributed by atoms with Gasteiger partial charge < -0.3 is 4.42 Å². The first-order chi connectivity index (χ1) is 17.7. The molecule has 0 atom stereocenters. The fourth-order valence-corrected chi connectivity index (χ4v) is 6.56. The van der Waals surface area contributed by atoms with Crippen molar-refractivity contribution >= 4 is 43.2 Å². The second-order valence-corrected chi connectivity index (χ2v) is 12.9. The molecule has 0 bridgehead atoms. The highest BCUT2D eigenvalue weighted by molar-refractivity contribution is 7.19.